The second kappa shape index (κ2) is 5.14. The molecule has 0 aliphatic carbocycles. The molecule has 0 saturated heterocycles. The van der Waals surface area contributed by atoms with Gasteiger partial charge < -0.3 is 9.67 Å². The third-order valence-corrected chi connectivity index (χ3v) is 3.47. The van der Waals surface area contributed by atoms with Crippen LogP contribution in [-0.2, 0) is 7.05 Å². The zero-order valence-corrected chi connectivity index (χ0v) is 11.5. The number of fused-ring (bicyclic) bond motifs is 1. The van der Waals surface area contributed by atoms with Gasteiger partial charge in [0.15, 0.2) is 0 Å². The summed E-state index contributed by atoms with van der Waals surface area (Å²) in [6.07, 6.45) is 1.60. The van der Waals surface area contributed by atoms with Crippen LogP contribution in [0.3, 0.4) is 0 Å². The molecule has 102 valence electrons. The molecule has 0 fully saturated rings. The summed E-state index contributed by atoms with van der Waals surface area (Å²) in [6.45, 7) is 0. The van der Waals surface area contributed by atoms with Crippen molar-refractivity contribution in [2.75, 3.05) is 0 Å². The summed E-state index contributed by atoms with van der Waals surface area (Å²) in [4.78, 5) is 4.35. The van der Waals surface area contributed by atoms with E-state index in [0.29, 0.717) is 16.8 Å². The summed E-state index contributed by atoms with van der Waals surface area (Å²) in [5.41, 5.74) is 2.69. The highest BCUT2D eigenvalue weighted by Crippen LogP contribution is 2.29. The highest BCUT2D eigenvalue weighted by atomic mass is 16.3. The third kappa shape index (κ3) is 2.15. The van der Waals surface area contributed by atoms with Crippen molar-refractivity contribution in [2.45, 2.75) is 0 Å². The second-order valence-electron chi connectivity index (χ2n) is 4.70. The quantitative estimate of drug-likeness (QED) is 0.727. The molecular weight excluding hydrogens is 262 g/mol. The van der Waals surface area contributed by atoms with Crippen LogP contribution in [0.15, 0.2) is 53.5 Å². The van der Waals surface area contributed by atoms with Gasteiger partial charge in [-0.15, -0.1) is 0 Å². The SMILES string of the molecule is Cn1c(O)c(C=Nc2ccccc2C#N)c2ccccc21. The predicted octanol–water partition coefficient (Wildman–Crippen LogP) is 3.51. The summed E-state index contributed by atoms with van der Waals surface area (Å²) < 4.78 is 1.72. The standard InChI is InChI=1S/C17H13N3O/c1-20-16-9-5-3-7-13(16)14(17(20)21)11-19-15-8-4-2-6-12(15)10-18/h2-9,11,21H,1H3. The van der Waals surface area contributed by atoms with E-state index in [4.69, 9.17) is 5.26 Å². The maximum Gasteiger partial charge on any atom is 0.200 e. The Balaban J connectivity index is 2.13. The van der Waals surface area contributed by atoms with Crippen LogP contribution >= 0.6 is 0 Å². The lowest BCUT2D eigenvalue weighted by Gasteiger charge is -1.97. The number of para-hydroxylation sites is 2. The van der Waals surface area contributed by atoms with Crippen molar-refractivity contribution in [2.24, 2.45) is 12.0 Å². The van der Waals surface area contributed by atoms with E-state index in [1.165, 1.54) is 0 Å². The number of nitrogens with zero attached hydrogens (tertiary/aromatic N) is 3. The number of aromatic hydroxyl groups is 1. The van der Waals surface area contributed by atoms with E-state index >= 15 is 0 Å². The van der Waals surface area contributed by atoms with Gasteiger partial charge in [0.2, 0.25) is 5.88 Å². The summed E-state index contributed by atoms with van der Waals surface area (Å²) in [6, 6.07) is 16.9. The maximum absolute atomic E-state index is 10.2. The fraction of sp³-hybridized carbons (Fsp3) is 0.0588. The van der Waals surface area contributed by atoms with Gasteiger partial charge in [0.1, 0.15) is 6.07 Å². The molecule has 21 heavy (non-hydrogen) atoms. The molecule has 1 heterocycles. The zero-order valence-electron chi connectivity index (χ0n) is 11.5. The average Bonchev–Trinajstić information content (AvgIpc) is 2.78. The minimum atomic E-state index is 0.161. The first-order valence-electron chi connectivity index (χ1n) is 6.52. The van der Waals surface area contributed by atoms with E-state index in [-0.39, 0.29) is 5.88 Å². The smallest absolute Gasteiger partial charge is 0.200 e. The van der Waals surface area contributed by atoms with E-state index in [1.807, 2.05) is 30.3 Å². The Hall–Kier alpha value is -3.06. The Morgan fingerprint density at radius 2 is 1.86 bits per heavy atom. The molecule has 0 aliphatic heterocycles. The molecule has 1 N–H and O–H groups in total. The van der Waals surface area contributed by atoms with Gasteiger partial charge in [-0.1, -0.05) is 30.3 Å². The predicted molar refractivity (Wildman–Crippen MR) is 83.0 cm³/mol. The molecule has 0 radical (unpaired) electrons. The van der Waals surface area contributed by atoms with E-state index < -0.39 is 0 Å². The summed E-state index contributed by atoms with van der Waals surface area (Å²) in [5.74, 6) is 0.161. The van der Waals surface area contributed by atoms with Crippen molar-refractivity contribution < 1.29 is 5.11 Å². The van der Waals surface area contributed by atoms with Gasteiger partial charge in [-0.3, -0.25) is 4.99 Å². The number of hydrogen-bond donors (Lipinski definition) is 1. The fourth-order valence-electron chi connectivity index (χ4n) is 2.35. The molecule has 0 aliphatic rings. The number of benzene rings is 2. The number of hydrogen-bond acceptors (Lipinski definition) is 3. The summed E-state index contributed by atoms with van der Waals surface area (Å²) >= 11 is 0. The Morgan fingerprint density at radius 3 is 2.67 bits per heavy atom. The molecule has 4 nitrogen and oxygen atoms in total. The lowest BCUT2D eigenvalue weighted by atomic mass is 10.2. The molecule has 4 heteroatoms. The van der Waals surface area contributed by atoms with Crippen LogP contribution in [0, 0.1) is 11.3 Å². The minimum Gasteiger partial charge on any atom is -0.494 e. The van der Waals surface area contributed by atoms with Crippen molar-refractivity contribution in [3.05, 3.63) is 59.7 Å². The summed E-state index contributed by atoms with van der Waals surface area (Å²) in [5, 5.41) is 20.2. The van der Waals surface area contributed by atoms with Gasteiger partial charge in [-0.2, -0.15) is 5.26 Å². The fourth-order valence-corrected chi connectivity index (χ4v) is 2.35. The molecule has 0 saturated carbocycles. The van der Waals surface area contributed by atoms with Crippen LogP contribution in [-0.4, -0.2) is 15.9 Å². The highest BCUT2D eigenvalue weighted by molar-refractivity contribution is 6.03. The topological polar surface area (TPSA) is 61.3 Å². The molecule has 0 bridgehead atoms. The Labute approximate surface area is 122 Å². The molecule has 0 atom stereocenters. The molecule has 0 unspecified atom stereocenters. The van der Waals surface area contributed by atoms with Crippen molar-refractivity contribution in [1.82, 2.24) is 4.57 Å². The average molecular weight is 275 g/mol. The first-order valence-corrected chi connectivity index (χ1v) is 6.52. The van der Waals surface area contributed by atoms with Crippen LogP contribution in [0.2, 0.25) is 0 Å². The van der Waals surface area contributed by atoms with Crippen LogP contribution < -0.4 is 0 Å². The molecule has 2 aromatic carbocycles. The normalized spacial score (nSPS) is 11.0. The number of aryl methyl sites for hydroxylation is 1. The van der Waals surface area contributed by atoms with Crippen LogP contribution in [0.5, 0.6) is 5.88 Å². The lowest BCUT2D eigenvalue weighted by Crippen LogP contribution is -1.86. The third-order valence-electron chi connectivity index (χ3n) is 3.47. The summed E-state index contributed by atoms with van der Waals surface area (Å²) in [7, 11) is 1.80. The molecule has 0 amide bonds. The van der Waals surface area contributed by atoms with Gasteiger partial charge in [-0.05, 0) is 18.2 Å². The van der Waals surface area contributed by atoms with Gasteiger partial charge >= 0.3 is 0 Å². The van der Waals surface area contributed by atoms with Crippen molar-refractivity contribution in [3.8, 4) is 11.9 Å². The number of aromatic nitrogens is 1. The van der Waals surface area contributed by atoms with Gasteiger partial charge in [-0.25, -0.2) is 0 Å². The van der Waals surface area contributed by atoms with E-state index in [0.717, 1.165) is 10.9 Å². The van der Waals surface area contributed by atoms with Gasteiger partial charge in [0.25, 0.3) is 0 Å². The van der Waals surface area contributed by atoms with E-state index in [2.05, 4.69) is 11.1 Å². The lowest BCUT2D eigenvalue weighted by molar-refractivity contribution is 0.434. The zero-order chi connectivity index (χ0) is 14.8. The van der Waals surface area contributed by atoms with Gasteiger partial charge in [0, 0.05) is 18.6 Å². The monoisotopic (exact) mass is 275 g/mol. The maximum atomic E-state index is 10.2. The number of nitriles is 1. The van der Waals surface area contributed by atoms with Crippen molar-refractivity contribution >= 4 is 22.8 Å². The number of rotatable bonds is 2. The minimum absolute atomic E-state index is 0.161. The molecule has 3 aromatic rings. The second-order valence-corrected chi connectivity index (χ2v) is 4.70. The first-order chi connectivity index (χ1) is 10.2. The molecule has 1 aromatic heterocycles. The Kier molecular flexibility index (Phi) is 3.17. The van der Waals surface area contributed by atoms with Crippen molar-refractivity contribution in [3.63, 3.8) is 0 Å². The van der Waals surface area contributed by atoms with Crippen LogP contribution in [0.1, 0.15) is 11.1 Å². The van der Waals surface area contributed by atoms with Gasteiger partial charge in [0.05, 0.1) is 22.3 Å². The Morgan fingerprint density at radius 1 is 1.14 bits per heavy atom. The number of aliphatic imine (C=N–C) groups is 1. The Bertz CT molecular complexity index is 885. The first kappa shape index (κ1) is 12.9. The van der Waals surface area contributed by atoms with E-state index in [9.17, 15) is 5.11 Å². The van der Waals surface area contributed by atoms with E-state index in [1.54, 1.807) is 36.0 Å². The van der Waals surface area contributed by atoms with Crippen LogP contribution in [0.4, 0.5) is 5.69 Å². The van der Waals surface area contributed by atoms with Crippen molar-refractivity contribution in [1.29, 1.82) is 5.26 Å². The molecular formula is C17H13N3O. The molecule has 0 spiro atoms. The van der Waals surface area contributed by atoms with Crippen LogP contribution in [0.25, 0.3) is 10.9 Å². The molecule has 3 rings (SSSR count). The highest BCUT2D eigenvalue weighted by Gasteiger charge is 2.12. The largest absolute Gasteiger partial charge is 0.494 e.